The molecule has 26 heavy (non-hydrogen) atoms. The second kappa shape index (κ2) is 8.26. The molecule has 0 radical (unpaired) electrons. The first-order valence-electron chi connectivity index (χ1n) is 9.30. The molecule has 2 atom stereocenters. The van der Waals surface area contributed by atoms with Gasteiger partial charge in [-0.05, 0) is 55.0 Å². The Morgan fingerprint density at radius 3 is 2.81 bits per heavy atom. The molecule has 1 saturated heterocycles. The van der Waals surface area contributed by atoms with Crippen LogP contribution in [0, 0.1) is 0 Å². The standard InChI is InChI=1S/C21H26ClFN2O/c1-3-11-24(14-26)19-13-20(16-6-4-5-7-18(16)22)25-12-9-15(2)21(25)17(19)8-10-23/h4-8,14,19-20H,3,9-13H2,1-2H3/b17-8-. The fourth-order valence-electron chi connectivity index (χ4n) is 4.32. The van der Waals surface area contributed by atoms with Gasteiger partial charge in [-0.2, -0.15) is 0 Å². The quantitative estimate of drug-likeness (QED) is 0.659. The highest BCUT2D eigenvalue weighted by Crippen LogP contribution is 2.47. The molecule has 0 saturated carbocycles. The number of halogens is 2. The normalized spacial score (nSPS) is 24.2. The molecule has 2 aliphatic heterocycles. The van der Waals surface area contributed by atoms with Gasteiger partial charge >= 0.3 is 0 Å². The summed E-state index contributed by atoms with van der Waals surface area (Å²) in [6.07, 6.45) is 5.12. The van der Waals surface area contributed by atoms with Crippen molar-refractivity contribution in [3.63, 3.8) is 0 Å². The highest BCUT2D eigenvalue weighted by Gasteiger charge is 2.41. The second-order valence-electron chi connectivity index (χ2n) is 7.02. The second-order valence-corrected chi connectivity index (χ2v) is 7.43. The first kappa shape index (κ1) is 19.0. The maximum Gasteiger partial charge on any atom is 0.210 e. The van der Waals surface area contributed by atoms with Crippen molar-refractivity contribution < 1.29 is 9.18 Å². The first-order chi connectivity index (χ1) is 12.6. The lowest BCUT2D eigenvalue weighted by Gasteiger charge is -2.45. The third kappa shape index (κ3) is 3.39. The van der Waals surface area contributed by atoms with Crippen molar-refractivity contribution in [1.82, 2.24) is 9.80 Å². The minimum absolute atomic E-state index is 0.0946. The van der Waals surface area contributed by atoms with E-state index in [-0.39, 0.29) is 12.1 Å². The molecular weight excluding hydrogens is 351 g/mol. The largest absolute Gasteiger partial charge is 0.364 e. The first-order valence-corrected chi connectivity index (χ1v) is 9.68. The van der Waals surface area contributed by atoms with Crippen LogP contribution in [0.25, 0.3) is 0 Å². The van der Waals surface area contributed by atoms with Crippen molar-refractivity contribution in [2.75, 3.05) is 19.8 Å². The number of hydrogen-bond acceptors (Lipinski definition) is 2. The fraction of sp³-hybridized carbons (Fsp3) is 0.476. The zero-order valence-corrected chi connectivity index (χ0v) is 16.2. The zero-order chi connectivity index (χ0) is 18.7. The van der Waals surface area contributed by atoms with Crippen molar-refractivity contribution in [3.8, 4) is 0 Å². The summed E-state index contributed by atoms with van der Waals surface area (Å²) in [5.41, 5.74) is 4.39. The Bertz CT molecular complexity index is 730. The van der Waals surface area contributed by atoms with Gasteiger partial charge in [-0.25, -0.2) is 4.39 Å². The summed E-state index contributed by atoms with van der Waals surface area (Å²) in [6, 6.07) is 7.88. The summed E-state index contributed by atoms with van der Waals surface area (Å²) < 4.78 is 13.3. The van der Waals surface area contributed by atoms with Crippen LogP contribution in [0.1, 0.15) is 44.7 Å². The van der Waals surface area contributed by atoms with Crippen molar-refractivity contribution in [2.24, 2.45) is 0 Å². The predicted molar refractivity (Wildman–Crippen MR) is 104 cm³/mol. The molecule has 1 fully saturated rings. The van der Waals surface area contributed by atoms with E-state index in [0.29, 0.717) is 6.54 Å². The number of allylic oxidation sites excluding steroid dienone is 1. The average molecular weight is 377 g/mol. The third-order valence-electron chi connectivity index (χ3n) is 5.45. The molecule has 1 aromatic carbocycles. The lowest BCUT2D eigenvalue weighted by molar-refractivity contribution is -0.120. The van der Waals surface area contributed by atoms with Crippen LogP contribution in [-0.4, -0.2) is 42.0 Å². The lowest BCUT2D eigenvalue weighted by atomic mass is 9.85. The Morgan fingerprint density at radius 2 is 2.15 bits per heavy atom. The Labute approximate surface area is 160 Å². The van der Waals surface area contributed by atoms with E-state index in [1.807, 2.05) is 23.1 Å². The van der Waals surface area contributed by atoms with Crippen LogP contribution in [0.3, 0.4) is 0 Å². The number of amides is 1. The van der Waals surface area contributed by atoms with Crippen LogP contribution in [0.15, 0.2) is 47.2 Å². The molecule has 0 aromatic heterocycles. The van der Waals surface area contributed by atoms with E-state index in [9.17, 15) is 9.18 Å². The van der Waals surface area contributed by atoms with Gasteiger partial charge in [-0.1, -0.05) is 36.7 Å². The molecule has 140 valence electrons. The molecule has 1 aromatic rings. The molecule has 1 amide bonds. The van der Waals surface area contributed by atoms with Crippen LogP contribution in [-0.2, 0) is 4.79 Å². The summed E-state index contributed by atoms with van der Waals surface area (Å²) in [5.74, 6) is 0. The number of hydrogen-bond donors (Lipinski definition) is 0. The highest BCUT2D eigenvalue weighted by molar-refractivity contribution is 6.31. The minimum atomic E-state index is -0.522. The molecule has 0 aliphatic carbocycles. The van der Waals surface area contributed by atoms with E-state index in [2.05, 4.69) is 24.8 Å². The smallest absolute Gasteiger partial charge is 0.210 e. The van der Waals surface area contributed by atoms with Gasteiger partial charge < -0.3 is 9.80 Å². The van der Waals surface area contributed by atoms with Gasteiger partial charge in [0.15, 0.2) is 0 Å². The number of benzene rings is 1. The van der Waals surface area contributed by atoms with Gasteiger partial charge in [0.1, 0.15) is 6.67 Å². The number of piperidine rings is 1. The predicted octanol–water partition coefficient (Wildman–Crippen LogP) is 4.90. The molecule has 0 spiro atoms. The maximum atomic E-state index is 13.3. The number of carbonyl (C=O) groups excluding carboxylic acids is 1. The highest BCUT2D eigenvalue weighted by atomic mass is 35.5. The molecule has 2 unspecified atom stereocenters. The van der Waals surface area contributed by atoms with Crippen LogP contribution >= 0.6 is 11.6 Å². The summed E-state index contributed by atoms with van der Waals surface area (Å²) in [4.78, 5) is 15.9. The van der Waals surface area contributed by atoms with E-state index in [1.54, 1.807) is 6.08 Å². The van der Waals surface area contributed by atoms with E-state index < -0.39 is 6.67 Å². The van der Waals surface area contributed by atoms with Crippen molar-refractivity contribution in [2.45, 2.75) is 45.2 Å². The number of rotatable bonds is 6. The van der Waals surface area contributed by atoms with E-state index in [4.69, 9.17) is 11.6 Å². The fourth-order valence-corrected chi connectivity index (χ4v) is 4.58. The molecule has 5 heteroatoms. The van der Waals surface area contributed by atoms with Crippen LogP contribution in [0.5, 0.6) is 0 Å². The van der Waals surface area contributed by atoms with Gasteiger partial charge in [0, 0.05) is 23.8 Å². The number of nitrogens with zero attached hydrogens (tertiary/aromatic N) is 2. The molecule has 3 nitrogen and oxygen atoms in total. The summed E-state index contributed by atoms with van der Waals surface area (Å²) in [6.45, 7) is 5.21. The van der Waals surface area contributed by atoms with Crippen molar-refractivity contribution in [3.05, 3.63) is 57.8 Å². The van der Waals surface area contributed by atoms with Crippen LogP contribution in [0.2, 0.25) is 5.02 Å². The Balaban J connectivity index is 2.09. The average Bonchev–Trinajstić information content (AvgIpc) is 3.03. The van der Waals surface area contributed by atoms with Gasteiger partial charge in [0.2, 0.25) is 6.41 Å². The van der Waals surface area contributed by atoms with Crippen LogP contribution < -0.4 is 0 Å². The Hall–Kier alpha value is -1.81. The topological polar surface area (TPSA) is 23.6 Å². The van der Waals surface area contributed by atoms with Gasteiger partial charge in [0.25, 0.3) is 0 Å². The molecular formula is C21H26ClFN2O. The van der Waals surface area contributed by atoms with Crippen LogP contribution in [0.4, 0.5) is 4.39 Å². The van der Waals surface area contributed by atoms with E-state index >= 15 is 0 Å². The van der Waals surface area contributed by atoms with Gasteiger partial charge in [-0.3, -0.25) is 4.79 Å². The molecule has 0 N–H and O–H groups in total. The maximum absolute atomic E-state index is 13.3. The molecule has 2 heterocycles. The van der Waals surface area contributed by atoms with Gasteiger partial charge in [-0.15, -0.1) is 0 Å². The zero-order valence-electron chi connectivity index (χ0n) is 15.4. The molecule has 2 aliphatic rings. The summed E-state index contributed by atoms with van der Waals surface area (Å²) >= 11 is 6.50. The lowest BCUT2D eigenvalue weighted by Crippen LogP contribution is -2.46. The Kier molecular flexibility index (Phi) is 6.02. The summed E-state index contributed by atoms with van der Waals surface area (Å²) in [5, 5.41) is 0.742. The Morgan fingerprint density at radius 1 is 1.38 bits per heavy atom. The molecule has 3 rings (SSSR count). The van der Waals surface area contributed by atoms with E-state index in [0.717, 1.165) is 54.1 Å². The monoisotopic (exact) mass is 376 g/mol. The van der Waals surface area contributed by atoms with Crippen molar-refractivity contribution in [1.29, 1.82) is 0 Å². The van der Waals surface area contributed by atoms with Gasteiger partial charge in [0.05, 0.1) is 12.1 Å². The SMILES string of the molecule is CCCN(C=O)C1CC(c2ccccc2Cl)N2CCC(C)=C2/C1=C\CF. The molecule has 0 bridgehead atoms. The number of carbonyl (C=O) groups is 1. The summed E-state index contributed by atoms with van der Waals surface area (Å²) in [7, 11) is 0. The third-order valence-corrected chi connectivity index (χ3v) is 5.80. The van der Waals surface area contributed by atoms with E-state index in [1.165, 1.54) is 5.57 Å². The minimum Gasteiger partial charge on any atom is -0.364 e. The number of alkyl halides is 1. The van der Waals surface area contributed by atoms with Crippen molar-refractivity contribution >= 4 is 18.0 Å². The number of fused-ring (bicyclic) bond motifs is 1.